The number of hydrogen-bond donors (Lipinski definition) is 1. The Kier molecular flexibility index (Phi) is 5.96. The first-order valence-corrected chi connectivity index (χ1v) is 7.47. The lowest BCUT2D eigenvalue weighted by molar-refractivity contribution is 0.334. The minimum Gasteiger partial charge on any atom is -0.492 e. The van der Waals surface area contributed by atoms with Crippen LogP contribution in [0.3, 0.4) is 0 Å². The van der Waals surface area contributed by atoms with E-state index in [1.54, 1.807) is 17.8 Å². The van der Waals surface area contributed by atoms with Gasteiger partial charge in [-0.3, -0.25) is 0 Å². The summed E-state index contributed by atoms with van der Waals surface area (Å²) in [6.45, 7) is 7.51. The Hall–Kier alpha value is -0.740. The molecule has 18 heavy (non-hydrogen) atoms. The Morgan fingerprint density at radius 1 is 1.33 bits per heavy atom. The van der Waals surface area contributed by atoms with Gasteiger partial charge in [0, 0.05) is 23.4 Å². The highest BCUT2D eigenvalue weighted by molar-refractivity contribution is 7.98. The van der Waals surface area contributed by atoms with Crippen LogP contribution in [0.25, 0.3) is 0 Å². The van der Waals surface area contributed by atoms with E-state index in [4.69, 9.17) is 4.74 Å². The number of nitrogens with one attached hydrogen (secondary N) is 1. The van der Waals surface area contributed by atoms with Gasteiger partial charge in [0.15, 0.2) is 0 Å². The second kappa shape index (κ2) is 7.00. The van der Waals surface area contributed by atoms with Crippen LogP contribution in [0.1, 0.15) is 26.3 Å². The van der Waals surface area contributed by atoms with Crippen LogP contribution in [-0.2, 0) is 6.54 Å². The molecule has 0 bridgehead atoms. The molecule has 4 heteroatoms. The van der Waals surface area contributed by atoms with Gasteiger partial charge in [-0.25, -0.2) is 4.39 Å². The molecule has 1 aromatic carbocycles. The van der Waals surface area contributed by atoms with E-state index in [9.17, 15) is 4.39 Å². The predicted octanol–water partition coefficient (Wildman–Crippen LogP) is 3.46. The summed E-state index contributed by atoms with van der Waals surface area (Å²) in [5.41, 5.74) is 0.870. The van der Waals surface area contributed by atoms with Crippen molar-refractivity contribution >= 4 is 11.8 Å². The van der Waals surface area contributed by atoms with Gasteiger partial charge in [0.2, 0.25) is 0 Å². The Balaban J connectivity index is 2.70. The quantitative estimate of drug-likeness (QED) is 0.801. The third kappa shape index (κ3) is 5.74. The molecule has 0 saturated carbocycles. The number of benzene rings is 1. The van der Waals surface area contributed by atoms with Crippen LogP contribution in [0, 0.1) is 5.82 Å². The molecule has 0 aliphatic heterocycles. The highest BCUT2D eigenvalue weighted by Gasteiger charge is 2.11. The van der Waals surface area contributed by atoms with Crippen LogP contribution < -0.4 is 10.1 Å². The average molecular weight is 271 g/mol. The van der Waals surface area contributed by atoms with E-state index >= 15 is 0 Å². The van der Waals surface area contributed by atoms with Crippen molar-refractivity contribution in [2.24, 2.45) is 0 Å². The SMILES string of the molecule is CSCCOc1ccc(F)cc1CNC(C)(C)C. The van der Waals surface area contributed by atoms with E-state index in [-0.39, 0.29) is 11.4 Å². The van der Waals surface area contributed by atoms with Gasteiger partial charge in [-0.15, -0.1) is 0 Å². The molecule has 2 nitrogen and oxygen atoms in total. The molecule has 0 unspecified atom stereocenters. The third-order valence-corrected chi connectivity index (χ3v) is 2.95. The van der Waals surface area contributed by atoms with Gasteiger partial charge in [0.25, 0.3) is 0 Å². The van der Waals surface area contributed by atoms with Gasteiger partial charge >= 0.3 is 0 Å². The summed E-state index contributed by atoms with van der Waals surface area (Å²) in [5.74, 6) is 1.48. The topological polar surface area (TPSA) is 21.3 Å². The molecule has 0 fully saturated rings. The predicted molar refractivity (Wildman–Crippen MR) is 76.9 cm³/mol. The Labute approximate surface area is 113 Å². The van der Waals surface area contributed by atoms with E-state index in [1.807, 2.05) is 6.26 Å². The summed E-state index contributed by atoms with van der Waals surface area (Å²) >= 11 is 1.73. The van der Waals surface area contributed by atoms with Crippen molar-refractivity contribution in [1.82, 2.24) is 5.32 Å². The summed E-state index contributed by atoms with van der Waals surface area (Å²) in [5, 5.41) is 3.34. The largest absolute Gasteiger partial charge is 0.492 e. The highest BCUT2D eigenvalue weighted by atomic mass is 32.2. The van der Waals surface area contributed by atoms with Gasteiger partial charge in [0.1, 0.15) is 11.6 Å². The van der Waals surface area contributed by atoms with Gasteiger partial charge in [0.05, 0.1) is 6.61 Å². The summed E-state index contributed by atoms with van der Waals surface area (Å²) in [6.07, 6.45) is 2.04. The maximum atomic E-state index is 13.3. The molecular formula is C14H22FNOS. The standard InChI is InChI=1S/C14H22FNOS/c1-14(2,3)16-10-11-9-12(15)5-6-13(11)17-7-8-18-4/h5-6,9,16H,7-8,10H2,1-4H3. The van der Waals surface area contributed by atoms with Crippen LogP contribution in [0.4, 0.5) is 4.39 Å². The lowest BCUT2D eigenvalue weighted by atomic mass is 10.1. The molecule has 0 saturated heterocycles. The molecule has 1 aromatic rings. The van der Waals surface area contributed by atoms with E-state index in [0.717, 1.165) is 17.1 Å². The normalized spacial score (nSPS) is 11.6. The Morgan fingerprint density at radius 2 is 2.06 bits per heavy atom. The van der Waals surface area contributed by atoms with Crippen LogP contribution in [0.2, 0.25) is 0 Å². The van der Waals surface area contributed by atoms with Crippen molar-refractivity contribution in [1.29, 1.82) is 0 Å². The molecule has 0 spiro atoms. The number of hydrogen-bond acceptors (Lipinski definition) is 3. The molecule has 0 amide bonds. The second-order valence-electron chi connectivity index (χ2n) is 5.20. The van der Waals surface area contributed by atoms with Crippen molar-refractivity contribution < 1.29 is 9.13 Å². The van der Waals surface area contributed by atoms with Crippen molar-refractivity contribution in [3.63, 3.8) is 0 Å². The lowest BCUT2D eigenvalue weighted by Crippen LogP contribution is -2.35. The average Bonchev–Trinajstić information content (AvgIpc) is 2.28. The number of ether oxygens (including phenoxy) is 1. The van der Waals surface area contributed by atoms with E-state index in [1.165, 1.54) is 12.1 Å². The van der Waals surface area contributed by atoms with Gasteiger partial charge < -0.3 is 10.1 Å². The molecule has 1 rings (SSSR count). The van der Waals surface area contributed by atoms with Crippen LogP contribution in [-0.4, -0.2) is 24.2 Å². The zero-order valence-electron chi connectivity index (χ0n) is 11.5. The smallest absolute Gasteiger partial charge is 0.124 e. The zero-order chi connectivity index (χ0) is 13.6. The second-order valence-corrected chi connectivity index (χ2v) is 6.18. The third-order valence-electron chi connectivity index (χ3n) is 2.38. The number of thioether (sulfide) groups is 1. The van der Waals surface area contributed by atoms with Crippen LogP contribution in [0.15, 0.2) is 18.2 Å². The van der Waals surface area contributed by atoms with Crippen LogP contribution >= 0.6 is 11.8 Å². The van der Waals surface area contributed by atoms with Gasteiger partial charge in [-0.1, -0.05) is 0 Å². The van der Waals surface area contributed by atoms with Crippen LogP contribution in [0.5, 0.6) is 5.75 Å². The summed E-state index contributed by atoms with van der Waals surface area (Å²) in [7, 11) is 0. The molecule has 0 radical (unpaired) electrons. The first-order chi connectivity index (χ1) is 8.42. The molecule has 0 heterocycles. The first-order valence-electron chi connectivity index (χ1n) is 6.07. The minimum absolute atomic E-state index is 0.00284. The van der Waals surface area contributed by atoms with Gasteiger partial charge in [-0.05, 0) is 45.2 Å². The fraction of sp³-hybridized carbons (Fsp3) is 0.571. The minimum atomic E-state index is -0.224. The van der Waals surface area contributed by atoms with E-state index < -0.39 is 0 Å². The molecule has 0 aliphatic carbocycles. The molecule has 0 aliphatic rings. The Morgan fingerprint density at radius 3 is 2.67 bits per heavy atom. The molecular weight excluding hydrogens is 249 g/mol. The van der Waals surface area contributed by atoms with E-state index in [2.05, 4.69) is 26.1 Å². The molecule has 0 aromatic heterocycles. The zero-order valence-corrected chi connectivity index (χ0v) is 12.4. The lowest BCUT2D eigenvalue weighted by Gasteiger charge is -2.21. The number of rotatable bonds is 6. The Bertz CT molecular complexity index is 377. The monoisotopic (exact) mass is 271 g/mol. The van der Waals surface area contributed by atoms with E-state index in [0.29, 0.717) is 13.2 Å². The number of halogens is 1. The molecule has 1 N–H and O–H groups in total. The van der Waals surface area contributed by atoms with Crippen molar-refractivity contribution in [2.45, 2.75) is 32.9 Å². The van der Waals surface area contributed by atoms with Crippen molar-refractivity contribution in [3.05, 3.63) is 29.6 Å². The van der Waals surface area contributed by atoms with Crippen molar-refractivity contribution in [2.75, 3.05) is 18.6 Å². The first kappa shape index (κ1) is 15.3. The molecule has 0 atom stereocenters. The fourth-order valence-corrected chi connectivity index (χ4v) is 1.67. The summed E-state index contributed by atoms with van der Waals surface area (Å²) in [4.78, 5) is 0. The van der Waals surface area contributed by atoms with Crippen molar-refractivity contribution in [3.8, 4) is 5.75 Å². The summed E-state index contributed by atoms with van der Waals surface area (Å²) < 4.78 is 18.9. The molecule has 102 valence electrons. The fourth-order valence-electron chi connectivity index (χ4n) is 1.42. The van der Waals surface area contributed by atoms with Gasteiger partial charge in [-0.2, -0.15) is 11.8 Å². The maximum Gasteiger partial charge on any atom is 0.124 e. The maximum absolute atomic E-state index is 13.3. The summed E-state index contributed by atoms with van der Waals surface area (Å²) in [6, 6.07) is 4.68. The highest BCUT2D eigenvalue weighted by Crippen LogP contribution is 2.20.